The van der Waals surface area contributed by atoms with Crippen LogP contribution in [0.15, 0.2) is 47.1 Å². The molecule has 0 unspecified atom stereocenters. The lowest BCUT2D eigenvalue weighted by Gasteiger charge is -2.48. The molecular weight excluding hydrogens is 373 g/mol. The van der Waals surface area contributed by atoms with Gasteiger partial charge in [0.15, 0.2) is 5.76 Å². The largest absolute Gasteiger partial charge is 0.459 e. The highest BCUT2D eigenvalue weighted by atomic mass is 19.1. The third-order valence-corrected chi connectivity index (χ3v) is 5.94. The number of furan rings is 1. The summed E-state index contributed by atoms with van der Waals surface area (Å²) in [6.45, 7) is 0.749. The maximum Gasteiger partial charge on any atom is 0.287 e. The van der Waals surface area contributed by atoms with E-state index in [1.165, 1.54) is 18.4 Å². The number of hydrogen-bond acceptors (Lipinski definition) is 4. The lowest BCUT2D eigenvalue weighted by atomic mass is 9.81. The number of hydrogen-bond donors (Lipinski definition) is 2. The van der Waals surface area contributed by atoms with E-state index in [2.05, 4.69) is 15.5 Å². The second kappa shape index (κ2) is 8.78. The molecule has 2 fully saturated rings. The number of halogens is 1. The van der Waals surface area contributed by atoms with E-state index in [0.29, 0.717) is 30.9 Å². The Balaban J connectivity index is 1.30. The van der Waals surface area contributed by atoms with Crippen LogP contribution in [-0.2, 0) is 11.3 Å². The third kappa shape index (κ3) is 4.85. The minimum atomic E-state index is -0.282. The fourth-order valence-corrected chi connectivity index (χ4v) is 4.54. The van der Waals surface area contributed by atoms with Gasteiger partial charge in [0.05, 0.1) is 12.8 Å². The van der Waals surface area contributed by atoms with Crippen LogP contribution >= 0.6 is 0 Å². The van der Waals surface area contributed by atoms with Gasteiger partial charge in [0, 0.05) is 24.7 Å². The molecule has 2 aliphatic heterocycles. The average molecular weight is 399 g/mol. The standard InChI is InChI=1S/C22H26FN3O3/c23-16-8-6-15(7-9-16)13-24-21(27)14-26-18-3-1-4-19(26)12-17(11-18)25-22(28)20-5-2-10-29-20/h2,5-10,17-19H,1,3-4,11-14H2,(H,24,27)(H,25,28)/t18-,19-/m0/s1. The van der Waals surface area contributed by atoms with Crippen LogP contribution in [-0.4, -0.2) is 41.4 Å². The Bertz CT molecular complexity index is 823. The first-order chi connectivity index (χ1) is 14.1. The van der Waals surface area contributed by atoms with Crippen molar-refractivity contribution in [1.29, 1.82) is 0 Å². The number of piperidine rings is 2. The van der Waals surface area contributed by atoms with Gasteiger partial charge in [-0.1, -0.05) is 18.6 Å². The summed E-state index contributed by atoms with van der Waals surface area (Å²) in [7, 11) is 0. The van der Waals surface area contributed by atoms with Gasteiger partial charge in [0.2, 0.25) is 5.91 Å². The molecule has 0 aliphatic carbocycles. The van der Waals surface area contributed by atoms with Crippen LogP contribution < -0.4 is 10.6 Å². The van der Waals surface area contributed by atoms with Crippen molar-refractivity contribution in [2.24, 2.45) is 0 Å². The Labute approximate surface area is 169 Å². The fraction of sp³-hybridized carbons (Fsp3) is 0.455. The molecule has 0 radical (unpaired) electrons. The van der Waals surface area contributed by atoms with E-state index in [4.69, 9.17) is 4.42 Å². The summed E-state index contributed by atoms with van der Waals surface area (Å²) < 4.78 is 18.2. The van der Waals surface area contributed by atoms with Crippen molar-refractivity contribution in [2.45, 2.75) is 56.8 Å². The lowest BCUT2D eigenvalue weighted by Crippen LogP contribution is -2.58. The minimum absolute atomic E-state index is 0.0238. The molecule has 2 amide bonds. The minimum Gasteiger partial charge on any atom is -0.459 e. The van der Waals surface area contributed by atoms with Gasteiger partial charge in [-0.2, -0.15) is 0 Å². The summed E-state index contributed by atoms with van der Waals surface area (Å²) in [5, 5.41) is 6.02. The predicted octanol–water partition coefficient (Wildman–Crippen LogP) is 2.85. The van der Waals surface area contributed by atoms with Gasteiger partial charge in [0.1, 0.15) is 5.82 Å². The highest BCUT2D eigenvalue weighted by molar-refractivity contribution is 5.91. The molecular formula is C22H26FN3O3. The normalized spacial score (nSPS) is 24.1. The van der Waals surface area contributed by atoms with E-state index >= 15 is 0 Å². The molecule has 2 aliphatic rings. The van der Waals surface area contributed by atoms with Gasteiger partial charge in [-0.05, 0) is 55.5 Å². The van der Waals surface area contributed by atoms with Gasteiger partial charge >= 0.3 is 0 Å². The third-order valence-electron chi connectivity index (χ3n) is 5.94. The molecule has 1 aromatic heterocycles. The maximum atomic E-state index is 13.0. The van der Waals surface area contributed by atoms with Crippen molar-refractivity contribution in [3.8, 4) is 0 Å². The molecule has 2 N–H and O–H groups in total. The molecule has 3 heterocycles. The first-order valence-electron chi connectivity index (χ1n) is 10.2. The van der Waals surface area contributed by atoms with Crippen LogP contribution in [0.2, 0.25) is 0 Å². The molecule has 0 spiro atoms. The molecule has 154 valence electrons. The zero-order valence-corrected chi connectivity index (χ0v) is 16.3. The molecule has 6 nitrogen and oxygen atoms in total. The number of benzene rings is 1. The summed E-state index contributed by atoms with van der Waals surface area (Å²) in [5.41, 5.74) is 0.874. The van der Waals surface area contributed by atoms with Gasteiger partial charge in [-0.3, -0.25) is 14.5 Å². The van der Waals surface area contributed by atoms with Crippen molar-refractivity contribution < 1.29 is 18.4 Å². The number of amides is 2. The second-order valence-corrected chi connectivity index (χ2v) is 7.93. The molecule has 1 aromatic carbocycles. The van der Waals surface area contributed by atoms with Crippen molar-refractivity contribution in [3.63, 3.8) is 0 Å². The van der Waals surface area contributed by atoms with E-state index in [1.807, 2.05) is 0 Å². The van der Waals surface area contributed by atoms with Gasteiger partial charge < -0.3 is 15.1 Å². The molecule has 2 aromatic rings. The molecule has 0 saturated carbocycles. The zero-order valence-electron chi connectivity index (χ0n) is 16.3. The van der Waals surface area contributed by atoms with E-state index in [-0.39, 0.29) is 23.7 Å². The topological polar surface area (TPSA) is 74.6 Å². The summed E-state index contributed by atoms with van der Waals surface area (Å²) in [6.07, 6.45) is 6.41. The van der Waals surface area contributed by atoms with E-state index in [9.17, 15) is 14.0 Å². The quantitative estimate of drug-likeness (QED) is 0.783. The zero-order chi connectivity index (χ0) is 20.2. The Kier molecular flexibility index (Phi) is 5.94. The van der Waals surface area contributed by atoms with Crippen LogP contribution in [0.1, 0.15) is 48.2 Å². The number of fused-ring (bicyclic) bond motifs is 2. The fourth-order valence-electron chi connectivity index (χ4n) is 4.54. The SMILES string of the molecule is O=C(CN1[C@H]2CCC[C@H]1CC(NC(=O)c1ccco1)C2)NCc1ccc(F)cc1. The second-order valence-electron chi connectivity index (χ2n) is 7.93. The molecule has 29 heavy (non-hydrogen) atoms. The molecule has 7 heteroatoms. The summed E-state index contributed by atoms with van der Waals surface area (Å²) in [5.74, 6) is -0.152. The highest BCUT2D eigenvalue weighted by Gasteiger charge is 2.39. The maximum absolute atomic E-state index is 13.0. The van der Waals surface area contributed by atoms with Crippen molar-refractivity contribution in [1.82, 2.24) is 15.5 Å². The first-order valence-corrected chi connectivity index (χ1v) is 10.2. The van der Waals surface area contributed by atoms with Crippen LogP contribution in [0.4, 0.5) is 4.39 Å². The van der Waals surface area contributed by atoms with E-state index in [1.54, 1.807) is 24.3 Å². The smallest absolute Gasteiger partial charge is 0.287 e. The number of carbonyl (C=O) groups excluding carboxylic acids is 2. The predicted molar refractivity (Wildman–Crippen MR) is 106 cm³/mol. The average Bonchev–Trinajstić information content (AvgIpc) is 3.23. The van der Waals surface area contributed by atoms with Crippen LogP contribution in [0.25, 0.3) is 0 Å². The lowest BCUT2D eigenvalue weighted by molar-refractivity contribution is -0.125. The monoisotopic (exact) mass is 399 g/mol. The number of nitrogens with zero attached hydrogens (tertiary/aromatic N) is 1. The number of nitrogens with one attached hydrogen (secondary N) is 2. The number of carbonyl (C=O) groups is 2. The Hall–Kier alpha value is -2.67. The molecule has 2 saturated heterocycles. The van der Waals surface area contributed by atoms with Crippen LogP contribution in [0, 0.1) is 5.82 Å². The Morgan fingerprint density at radius 3 is 2.48 bits per heavy atom. The van der Waals surface area contributed by atoms with Crippen LogP contribution in [0.3, 0.4) is 0 Å². The Morgan fingerprint density at radius 2 is 1.83 bits per heavy atom. The van der Waals surface area contributed by atoms with Gasteiger partial charge in [-0.25, -0.2) is 4.39 Å². The van der Waals surface area contributed by atoms with Crippen molar-refractivity contribution in [3.05, 3.63) is 59.8 Å². The molecule has 4 rings (SSSR count). The summed E-state index contributed by atoms with van der Waals surface area (Å²) in [6, 6.07) is 10.2. The summed E-state index contributed by atoms with van der Waals surface area (Å²) in [4.78, 5) is 27.1. The van der Waals surface area contributed by atoms with Crippen molar-refractivity contribution >= 4 is 11.8 Å². The molecule has 2 bridgehead atoms. The summed E-state index contributed by atoms with van der Waals surface area (Å²) >= 11 is 0. The van der Waals surface area contributed by atoms with E-state index < -0.39 is 0 Å². The van der Waals surface area contributed by atoms with Gasteiger partial charge in [-0.15, -0.1) is 0 Å². The van der Waals surface area contributed by atoms with Crippen LogP contribution in [0.5, 0.6) is 0 Å². The highest BCUT2D eigenvalue weighted by Crippen LogP contribution is 2.34. The number of rotatable bonds is 6. The molecule has 2 atom stereocenters. The van der Waals surface area contributed by atoms with E-state index in [0.717, 1.165) is 37.7 Å². The first kappa shape index (κ1) is 19.6. The van der Waals surface area contributed by atoms with Crippen molar-refractivity contribution in [2.75, 3.05) is 6.54 Å². The van der Waals surface area contributed by atoms with Gasteiger partial charge in [0.25, 0.3) is 5.91 Å². The Morgan fingerprint density at radius 1 is 1.10 bits per heavy atom.